The molecule has 0 bridgehead atoms. The first-order valence-electron chi connectivity index (χ1n) is 11.2. The van der Waals surface area contributed by atoms with Crippen LogP contribution in [0.1, 0.15) is 38.8 Å². The van der Waals surface area contributed by atoms with Gasteiger partial charge in [0.1, 0.15) is 6.61 Å². The summed E-state index contributed by atoms with van der Waals surface area (Å²) < 4.78 is 18.9. The molecule has 33 heavy (non-hydrogen) atoms. The van der Waals surface area contributed by atoms with E-state index < -0.39 is 37.4 Å². The summed E-state index contributed by atoms with van der Waals surface area (Å²) in [5.74, 6) is -1.92. The van der Waals surface area contributed by atoms with Crippen LogP contribution in [0.15, 0.2) is 60.7 Å². The molecule has 5 nitrogen and oxygen atoms in total. The SMILES string of the molecule is C[C@@H]1C(=O)O[C@@](CBr)(c2ccccc2)[C@]1(O[Si](C)(C)C(C)(C)C)C(=O)OCc1ccccc1. The Bertz CT molecular complexity index is 989. The van der Waals surface area contributed by atoms with E-state index in [0.29, 0.717) is 5.56 Å². The standard InChI is InChI=1S/C26H33BrO5Si/c1-19-22(28)31-25(18-27,21-15-11-8-12-16-21)26(19,32-33(5,6)24(2,3)4)23(29)30-17-20-13-9-7-10-14-20/h7-16,19H,17-18H2,1-6H3/t19-,25+,26-/m1/s1. The van der Waals surface area contributed by atoms with Crippen LogP contribution in [0.2, 0.25) is 18.1 Å². The van der Waals surface area contributed by atoms with Gasteiger partial charge < -0.3 is 13.9 Å². The van der Waals surface area contributed by atoms with Crippen LogP contribution in [0, 0.1) is 5.92 Å². The summed E-state index contributed by atoms with van der Waals surface area (Å²) in [6, 6.07) is 18.8. The highest BCUT2D eigenvalue weighted by Gasteiger charge is 2.73. The lowest BCUT2D eigenvalue weighted by atomic mass is 9.74. The molecule has 1 saturated heterocycles. The van der Waals surface area contributed by atoms with Crippen molar-refractivity contribution in [3.05, 3.63) is 71.8 Å². The van der Waals surface area contributed by atoms with E-state index in [-0.39, 0.29) is 17.0 Å². The summed E-state index contributed by atoms with van der Waals surface area (Å²) in [5.41, 5.74) is -1.47. The van der Waals surface area contributed by atoms with Gasteiger partial charge in [0, 0.05) is 0 Å². The molecule has 0 aliphatic carbocycles. The maximum absolute atomic E-state index is 14.1. The van der Waals surface area contributed by atoms with Gasteiger partial charge in [-0.3, -0.25) is 4.79 Å². The van der Waals surface area contributed by atoms with E-state index in [1.54, 1.807) is 6.92 Å². The first-order chi connectivity index (χ1) is 15.4. The minimum absolute atomic E-state index is 0.0797. The lowest BCUT2D eigenvalue weighted by Gasteiger charge is -2.49. The Balaban J connectivity index is 2.18. The Morgan fingerprint density at radius 1 is 1.06 bits per heavy atom. The van der Waals surface area contributed by atoms with Crippen molar-refractivity contribution in [1.82, 2.24) is 0 Å². The van der Waals surface area contributed by atoms with E-state index in [1.807, 2.05) is 60.7 Å². The summed E-state index contributed by atoms with van der Waals surface area (Å²) in [7, 11) is -2.58. The number of hydrogen-bond acceptors (Lipinski definition) is 5. The zero-order chi connectivity index (χ0) is 24.5. The number of carbonyl (C=O) groups is 2. The maximum Gasteiger partial charge on any atom is 0.343 e. The van der Waals surface area contributed by atoms with Crippen LogP contribution in [-0.4, -0.2) is 31.2 Å². The summed E-state index contributed by atoms with van der Waals surface area (Å²) in [5, 5.41) is -0.0189. The molecule has 0 unspecified atom stereocenters. The van der Waals surface area contributed by atoms with E-state index in [1.165, 1.54) is 0 Å². The van der Waals surface area contributed by atoms with Gasteiger partial charge in [0.2, 0.25) is 5.60 Å². The predicted molar refractivity (Wildman–Crippen MR) is 134 cm³/mol. The van der Waals surface area contributed by atoms with Gasteiger partial charge >= 0.3 is 11.9 Å². The highest BCUT2D eigenvalue weighted by molar-refractivity contribution is 9.09. The summed E-state index contributed by atoms with van der Waals surface area (Å²) in [6.07, 6.45) is 0. The molecule has 1 aliphatic heterocycles. The Morgan fingerprint density at radius 2 is 1.61 bits per heavy atom. The number of alkyl halides is 1. The normalized spacial score (nSPS) is 25.5. The van der Waals surface area contributed by atoms with E-state index in [0.717, 1.165) is 5.56 Å². The monoisotopic (exact) mass is 532 g/mol. The second-order valence-electron chi connectivity index (χ2n) is 10.1. The molecule has 2 aromatic rings. The van der Waals surface area contributed by atoms with Crippen molar-refractivity contribution in [3.8, 4) is 0 Å². The van der Waals surface area contributed by atoms with Crippen molar-refractivity contribution in [1.29, 1.82) is 0 Å². The number of ether oxygens (including phenoxy) is 2. The molecule has 7 heteroatoms. The maximum atomic E-state index is 14.1. The van der Waals surface area contributed by atoms with Gasteiger partial charge in [-0.25, -0.2) is 4.79 Å². The molecule has 0 radical (unpaired) electrons. The lowest BCUT2D eigenvalue weighted by Crippen LogP contribution is -2.65. The Kier molecular flexibility index (Phi) is 7.27. The van der Waals surface area contributed by atoms with Crippen LogP contribution in [0.3, 0.4) is 0 Å². The summed E-state index contributed by atoms with van der Waals surface area (Å²) in [6.45, 7) is 12.2. The van der Waals surface area contributed by atoms with Crippen LogP contribution in [0.5, 0.6) is 0 Å². The van der Waals surface area contributed by atoms with Gasteiger partial charge in [-0.15, -0.1) is 0 Å². The molecule has 3 atom stereocenters. The Hall–Kier alpha value is -1.96. The van der Waals surface area contributed by atoms with Gasteiger partial charge in [0.05, 0.1) is 11.2 Å². The molecule has 3 rings (SSSR count). The van der Waals surface area contributed by atoms with E-state index >= 15 is 0 Å². The minimum atomic E-state index is -2.58. The van der Waals surface area contributed by atoms with Crippen LogP contribution < -0.4 is 0 Å². The molecule has 0 aromatic heterocycles. The number of carbonyl (C=O) groups excluding carboxylic acids is 2. The Morgan fingerprint density at radius 3 is 2.12 bits per heavy atom. The third-order valence-electron chi connectivity index (χ3n) is 7.00. The zero-order valence-electron chi connectivity index (χ0n) is 20.2. The molecule has 0 spiro atoms. The molecule has 2 aromatic carbocycles. The smallest absolute Gasteiger partial charge is 0.343 e. The largest absolute Gasteiger partial charge is 0.459 e. The first kappa shape index (κ1) is 25.7. The number of halogens is 1. The third kappa shape index (κ3) is 4.43. The van der Waals surface area contributed by atoms with Crippen molar-refractivity contribution in [3.63, 3.8) is 0 Å². The second kappa shape index (κ2) is 9.35. The average Bonchev–Trinajstić information content (AvgIpc) is 3.00. The zero-order valence-corrected chi connectivity index (χ0v) is 22.8. The molecule has 0 amide bonds. The third-order valence-corrected chi connectivity index (χ3v) is 12.2. The van der Waals surface area contributed by atoms with Crippen LogP contribution >= 0.6 is 15.9 Å². The quantitative estimate of drug-likeness (QED) is 0.249. The predicted octanol–water partition coefficient (Wildman–Crippen LogP) is 5.97. The molecule has 0 N–H and O–H groups in total. The second-order valence-corrected chi connectivity index (χ2v) is 15.4. The van der Waals surface area contributed by atoms with E-state index in [2.05, 4.69) is 49.8 Å². The molecule has 0 saturated carbocycles. The number of cyclic esters (lactones) is 1. The number of esters is 2. The highest BCUT2D eigenvalue weighted by Crippen LogP contribution is 2.55. The molecular formula is C26H33BrO5Si. The molecule has 1 fully saturated rings. The average molecular weight is 534 g/mol. The van der Waals surface area contributed by atoms with Gasteiger partial charge in [-0.2, -0.15) is 0 Å². The highest BCUT2D eigenvalue weighted by atomic mass is 79.9. The fourth-order valence-electron chi connectivity index (χ4n) is 3.98. The first-order valence-corrected chi connectivity index (χ1v) is 15.2. The number of benzene rings is 2. The minimum Gasteiger partial charge on any atom is -0.459 e. The van der Waals surface area contributed by atoms with Gasteiger partial charge in [-0.05, 0) is 36.2 Å². The number of hydrogen-bond donors (Lipinski definition) is 0. The fourth-order valence-corrected chi connectivity index (χ4v) is 6.37. The van der Waals surface area contributed by atoms with Crippen molar-refractivity contribution in [2.75, 3.05) is 5.33 Å². The van der Waals surface area contributed by atoms with Gasteiger partial charge in [0.25, 0.3) is 0 Å². The summed E-state index contributed by atoms with van der Waals surface area (Å²) in [4.78, 5) is 27.2. The topological polar surface area (TPSA) is 61.8 Å². The molecular weight excluding hydrogens is 500 g/mol. The Labute approximate surface area is 206 Å². The molecule has 1 aliphatic rings. The van der Waals surface area contributed by atoms with Crippen molar-refractivity contribution in [2.45, 2.75) is 63.6 Å². The van der Waals surface area contributed by atoms with Crippen molar-refractivity contribution < 1.29 is 23.5 Å². The fraction of sp³-hybridized carbons (Fsp3) is 0.462. The molecule has 1 heterocycles. The van der Waals surface area contributed by atoms with Crippen molar-refractivity contribution >= 4 is 36.2 Å². The van der Waals surface area contributed by atoms with Crippen LogP contribution in [-0.2, 0) is 35.7 Å². The van der Waals surface area contributed by atoms with E-state index in [4.69, 9.17) is 13.9 Å². The van der Waals surface area contributed by atoms with Crippen molar-refractivity contribution in [2.24, 2.45) is 5.92 Å². The lowest BCUT2D eigenvalue weighted by molar-refractivity contribution is -0.186. The summed E-state index contributed by atoms with van der Waals surface area (Å²) >= 11 is 3.57. The van der Waals surface area contributed by atoms with Gasteiger partial charge in [0.15, 0.2) is 13.9 Å². The van der Waals surface area contributed by atoms with E-state index in [9.17, 15) is 9.59 Å². The van der Waals surface area contributed by atoms with Gasteiger partial charge in [-0.1, -0.05) is 97.4 Å². The number of rotatable bonds is 7. The van der Waals surface area contributed by atoms with Crippen LogP contribution in [0.25, 0.3) is 0 Å². The van der Waals surface area contributed by atoms with Crippen LogP contribution in [0.4, 0.5) is 0 Å². The molecule has 178 valence electrons.